The highest BCUT2D eigenvalue weighted by Crippen LogP contribution is 2.30. The zero-order valence-electron chi connectivity index (χ0n) is 16.2. The van der Waals surface area contributed by atoms with Gasteiger partial charge in [-0.05, 0) is 73.4 Å². The molecular weight excluding hydrogens is 372 g/mol. The zero-order valence-corrected chi connectivity index (χ0v) is 16.9. The highest BCUT2D eigenvalue weighted by atomic mass is 35.5. The number of rotatable bonds is 0. The van der Waals surface area contributed by atoms with Gasteiger partial charge in [-0.15, -0.1) is 0 Å². The van der Waals surface area contributed by atoms with Crippen LogP contribution in [0.5, 0.6) is 0 Å². The first-order chi connectivity index (χ1) is 13.5. The normalized spacial score (nSPS) is 15.0. The van der Waals surface area contributed by atoms with Crippen LogP contribution < -0.4 is 5.69 Å². The maximum absolute atomic E-state index is 11.6. The predicted molar refractivity (Wildman–Crippen MR) is 113 cm³/mol. The summed E-state index contributed by atoms with van der Waals surface area (Å²) in [6, 6.07) is 8.56. The molecule has 0 radical (unpaired) electrons. The van der Waals surface area contributed by atoms with Crippen LogP contribution >= 0.6 is 11.6 Å². The Labute approximate surface area is 168 Å². The highest BCUT2D eigenvalue weighted by molar-refractivity contribution is 6.29. The number of aromatic nitrogens is 4. The molecule has 28 heavy (non-hydrogen) atoms. The molecule has 0 aliphatic carbocycles. The first-order valence-electron chi connectivity index (χ1n) is 9.90. The molecule has 0 amide bonds. The summed E-state index contributed by atoms with van der Waals surface area (Å²) in [5.41, 5.74) is 9.57. The van der Waals surface area contributed by atoms with E-state index in [1.165, 1.54) is 28.6 Å². The molecule has 0 fully saturated rings. The van der Waals surface area contributed by atoms with E-state index in [-0.39, 0.29) is 5.69 Å². The Hall–Kier alpha value is -2.53. The SMILES string of the molecule is Cc1ccc2c3c1[nH]c(=O)n3CCC2.Cc1ccc2c3c1nc(Cl)n3CCC2. The van der Waals surface area contributed by atoms with Crippen molar-refractivity contribution in [1.29, 1.82) is 0 Å². The highest BCUT2D eigenvalue weighted by Gasteiger charge is 2.18. The Morgan fingerprint density at radius 2 is 1.57 bits per heavy atom. The van der Waals surface area contributed by atoms with Crippen LogP contribution in [0.3, 0.4) is 0 Å². The summed E-state index contributed by atoms with van der Waals surface area (Å²) in [5, 5.41) is 0.634. The molecule has 6 rings (SSSR count). The standard InChI is InChI=1S/C11H11ClN2.C11H12N2O/c1-7-4-5-8-3-2-6-14-10(8)9(7)13-11(14)12;1-7-4-5-8-3-2-6-13-10(8)9(7)12-11(13)14/h4-5H,2-3,6H2,1H3;4-5H,2-3,6H2,1H3,(H,12,14). The van der Waals surface area contributed by atoms with Crippen molar-refractivity contribution in [2.75, 3.05) is 0 Å². The van der Waals surface area contributed by atoms with Gasteiger partial charge in [0, 0.05) is 13.1 Å². The average molecular weight is 395 g/mol. The summed E-state index contributed by atoms with van der Waals surface area (Å²) >= 11 is 6.10. The molecule has 2 aliphatic rings. The molecule has 144 valence electrons. The van der Waals surface area contributed by atoms with Crippen LogP contribution in [0.15, 0.2) is 29.1 Å². The quantitative estimate of drug-likeness (QED) is 0.476. The van der Waals surface area contributed by atoms with E-state index in [1.54, 1.807) is 0 Å². The number of halogens is 1. The molecule has 2 aromatic heterocycles. The van der Waals surface area contributed by atoms with Crippen LogP contribution in [-0.4, -0.2) is 19.1 Å². The minimum absolute atomic E-state index is 0.0373. The number of aryl methyl sites for hydroxylation is 6. The van der Waals surface area contributed by atoms with Gasteiger partial charge in [-0.25, -0.2) is 9.78 Å². The fourth-order valence-corrected chi connectivity index (χ4v) is 4.82. The second-order valence-corrected chi connectivity index (χ2v) is 8.16. The van der Waals surface area contributed by atoms with Gasteiger partial charge in [-0.2, -0.15) is 0 Å². The van der Waals surface area contributed by atoms with Crippen LogP contribution in [0.2, 0.25) is 5.28 Å². The average Bonchev–Trinajstić information content (AvgIpc) is 3.23. The number of nitrogens with one attached hydrogen (secondary N) is 1. The van der Waals surface area contributed by atoms with Crippen molar-refractivity contribution in [2.24, 2.45) is 0 Å². The fourth-order valence-electron chi connectivity index (χ4n) is 4.56. The first-order valence-corrected chi connectivity index (χ1v) is 10.3. The molecule has 4 heterocycles. The van der Waals surface area contributed by atoms with Gasteiger partial charge in [0.15, 0.2) is 0 Å². The van der Waals surface area contributed by atoms with E-state index < -0.39 is 0 Å². The number of hydrogen-bond donors (Lipinski definition) is 1. The molecule has 0 unspecified atom stereocenters. The van der Waals surface area contributed by atoms with E-state index in [0.717, 1.165) is 54.5 Å². The van der Waals surface area contributed by atoms with Gasteiger partial charge in [0.05, 0.1) is 22.1 Å². The molecule has 0 bridgehead atoms. The number of nitrogens with zero attached hydrogens (tertiary/aromatic N) is 3. The van der Waals surface area contributed by atoms with Crippen LogP contribution in [0.1, 0.15) is 35.1 Å². The number of imidazole rings is 2. The summed E-state index contributed by atoms with van der Waals surface area (Å²) in [6.45, 7) is 5.98. The molecule has 2 aliphatic heterocycles. The van der Waals surface area contributed by atoms with Gasteiger partial charge in [-0.3, -0.25) is 4.57 Å². The smallest absolute Gasteiger partial charge is 0.314 e. The third-order valence-electron chi connectivity index (χ3n) is 6.01. The Morgan fingerprint density at radius 1 is 0.929 bits per heavy atom. The Bertz CT molecular complexity index is 1280. The largest absolute Gasteiger partial charge is 0.326 e. The maximum atomic E-state index is 11.6. The summed E-state index contributed by atoms with van der Waals surface area (Å²) in [6.07, 6.45) is 4.48. The zero-order chi connectivity index (χ0) is 19.4. The second kappa shape index (κ2) is 6.52. The second-order valence-electron chi connectivity index (χ2n) is 7.83. The van der Waals surface area contributed by atoms with Gasteiger partial charge in [-0.1, -0.05) is 24.3 Å². The Balaban J connectivity index is 0.000000122. The van der Waals surface area contributed by atoms with E-state index in [9.17, 15) is 4.79 Å². The predicted octanol–water partition coefficient (Wildman–Crippen LogP) is 4.53. The number of hydrogen-bond acceptors (Lipinski definition) is 2. The monoisotopic (exact) mass is 394 g/mol. The van der Waals surface area contributed by atoms with Crippen molar-refractivity contribution in [3.63, 3.8) is 0 Å². The molecule has 1 N–H and O–H groups in total. The van der Waals surface area contributed by atoms with Gasteiger partial charge < -0.3 is 9.55 Å². The molecule has 0 spiro atoms. The summed E-state index contributed by atoms with van der Waals surface area (Å²) in [4.78, 5) is 19.0. The third-order valence-corrected chi connectivity index (χ3v) is 6.29. The van der Waals surface area contributed by atoms with Gasteiger partial charge >= 0.3 is 5.69 Å². The van der Waals surface area contributed by atoms with Gasteiger partial charge in [0.25, 0.3) is 0 Å². The van der Waals surface area contributed by atoms with E-state index >= 15 is 0 Å². The summed E-state index contributed by atoms with van der Waals surface area (Å²) in [7, 11) is 0. The third kappa shape index (κ3) is 2.60. The minimum atomic E-state index is 0.0373. The summed E-state index contributed by atoms with van der Waals surface area (Å²) in [5.74, 6) is 0. The van der Waals surface area contributed by atoms with Crippen LogP contribution in [0, 0.1) is 13.8 Å². The topological polar surface area (TPSA) is 55.6 Å². The van der Waals surface area contributed by atoms with E-state index in [2.05, 4.69) is 45.7 Å². The molecule has 0 saturated heterocycles. The lowest BCUT2D eigenvalue weighted by molar-refractivity contribution is 0.615. The van der Waals surface area contributed by atoms with E-state index in [1.807, 2.05) is 11.5 Å². The maximum Gasteiger partial charge on any atom is 0.326 e. The van der Waals surface area contributed by atoms with Crippen molar-refractivity contribution in [1.82, 2.24) is 19.1 Å². The number of benzene rings is 2. The van der Waals surface area contributed by atoms with Crippen molar-refractivity contribution >= 4 is 33.7 Å². The van der Waals surface area contributed by atoms with Gasteiger partial charge in [0.2, 0.25) is 5.28 Å². The van der Waals surface area contributed by atoms with Gasteiger partial charge in [0.1, 0.15) is 0 Å². The fraction of sp³-hybridized carbons (Fsp3) is 0.364. The minimum Gasteiger partial charge on any atom is -0.314 e. The van der Waals surface area contributed by atoms with Crippen LogP contribution in [-0.2, 0) is 25.9 Å². The lowest BCUT2D eigenvalue weighted by Crippen LogP contribution is -2.19. The van der Waals surface area contributed by atoms with Crippen molar-refractivity contribution in [3.8, 4) is 0 Å². The van der Waals surface area contributed by atoms with Crippen molar-refractivity contribution in [3.05, 3.63) is 62.3 Å². The molecule has 5 nitrogen and oxygen atoms in total. The van der Waals surface area contributed by atoms with Crippen molar-refractivity contribution < 1.29 is 0 Å². The number of H-pyrrole nitrogens is 1. The molecule has 4 aromatic rings. The lowest BCUT2D eigenvalue weighted by atomic mass is 10.0. The molecule has 0 saturated carbocycles. The number of aromatic amines is 1. The lowest BCUT2D eigenvalue weighted by Gasteiger charge is -2.15. The van der Waals surface area contributed by atoms with Crippen LogP contribution in [0.25, 0.3) is 22.1 Å². The van der Waals surface area contributed by atoms with E-state index in [0.29, 0.717) is 5.28 Å². The Morgan fingerprint density at radius 3 is 2.32 bits per heavy atom. The van der Waals surface area contributed by atoms with E-state index in [4.69, 9.17) is 11.6 Å². The molecule has 0 atom stereocenters. The van der Waals surface area contributed by atoms with Crippen LogP contribution in [0.4, 0.5) is 0 Å². The van der Waals surface area contributed by atoms with Crippen molar-refractivity contribution in [2.45, 2.75) is 52.6 Å². The summed E-state index contributed by atoms with van der Waals surface area (Å²) < 4.78 is 3.99. The Kier molecular flexibility index (Phi) is 4.09. The molecule has 2 aromatic carbocycles. The first kappa shape index (κ1) is 17.6. The molecule has 6 heteroatoms. The molecular formula is C22H23ClN4O.